The van der Waals surface area contributed by atoms with Gasteiger partial charge in [0.15, 0.2) is 0 Å². The first-order chi connectivity index (χ1) is 11.2. The van der Waals surface area contributed by atoms with Crippen LogP contribution in [0.15, 0.2) is 12.5 Å². The molecule has 1 amide bonds. The zero-order chi connectivity index (χ0) is 16.1. The van der Waals surface area contributed by atoms with E-state index >= 15 is 0 Å². The van der Waals surface area contributed by atoms with E-state index in [0.29, 0.717) is 6.61 Å². The quantitative estimate of drug-likeness (QED) is 0.902. The molecule has 128 valence electrons. The van der Waals surface area contributed by atoms with Crippen molar-refractivity contribution in [2.24, 2.45) is 7.05 Å². The second-order valence-corrected chi connectivity index (χ2v) is 6.65. The molecule has 6 nitrogen and oxygen atoms in total. The summed E-state index contributed by atoms with van der Waals surface area (Å²) in [5.74, 6) is -0.00812. The van der Waals surface area contributed by atoms with Crippen molar-refractivity contribution in [3.63, 3.8) is 0 Å². The molecular formula is C17H27N3O3. The lowest BCUT2D eigenvalue weighted by Crippen LogP contribution is -2.42. The third kappa shape index (κ3) is 4.54. The van der Waals surface area contributed by atoms with E-state index in [2.05, 4.69) is 10.3 Å². The predicted octanol–water partition coefficient (Wildman–Crippen LogP) is 2.11. The standard InChI is InChI=1S/C17H27N3O3/c1-20-12-18-10-15(20)16-9-13(7-8-22-16)19-17(21)11-23-14-5-3-2-4-6-14/h10,12-14,16H,2-9,11H2,1H3,(H,19,21)/t13-,16+/m1/s1. The Morgan fingerprint density at radius 2 is 2.22 bits per heavy atom. The fourth-order valence-corrected chi connectivity index (χ4v) is 3.51. The van der Waals surface area contributed by atoms with Crippen molar-refractivity contribution in [3.8, 4) is 0 Å². The molecule has 2 heterocycles. The Morgan fingerprint density at radius 1 is 1.39 bits per heavy atom. The van der Waals surface area contributed by atoms with Gasteiger partial charge in [-0.05, 0) is 25.7 Å². The minimum absolute atomic E-state index is 0.000753. The Labute approximate surface area is 137 Å². The second-order valence-electron chi connectivity index (χ2n) is 6.65. The van der Waals surface area contributed by atoms with Crippen LogP contribution < -0.4 is 5.32 Å². The number of nitrogens with zero attached hydrogens (tertiary/aromatic N) is 2. The van der Waals surface area contributed by atoms with Gasteiger partial charge in [0.2, 0.25) is 5.91 Å². The van der Waals surface area contributed by atoms with E-state index in [0.717, 1.165) is 31.4 Å². The van der Waals surface area contributed by atoms with E-state index in [1.807, 2.05) is 17.8 Å². The predicted molar refractivity (Wildman–Crippen MR) is 85.9 cm³/mol. The van der Waals surface area contributed by atoms with Crippen molar-refractivity contribution < 1.29 is 14.3 Å². The van der Waals surface area contributed by atoms with Gasteiger partial charge in [0, 0.05) is 19.7 Å². The molecule has 2 aliphatic rings. The molecule has 1 aromatic rings. The molecule has 0 aromatic carbocycles. The smallest absolute Gasteiger partial charge is 0.246 e. The van der Waals surface area contributed by atoms with Gasteiger partial charge in [-0.2, -0.15) is 0 Å². The lowest BCUT2D eigenvalue weighted by Gasteiger charge is -2.30. The first-order valence-corrected chi connectivity index (χ1v) is 8.71. The van der Waals surface area contributed by atoms with Gasteiger partial charge in [-0.3, -0.25) is 4.79 Å². The first-order valence-electron chi connectivity index (χ1n) is 8.71. The number of aryl methyl sites for hydroxylation is 1. The average molecular weight is 321 g/mol. The Kier molecular flexibility index (Phi) is 5.67. The zero-order valence-corrected chi connectivity index (χ0v) is 13.9. The van der Waals surface area contributed by atoms with E-state index in [4.69, 9.17) is 9.47 Å². The van der Waals surface area contributed by atoms with Crippen molar-refractivity contribution in [2.45, 2.75) is 63.2 Å². The Hall–Kier alpha value is -1.40. The summed E-state index contributed by atoms with van der Waals surface area (Å²) in [4.78, 5) is 16.3. The number of aromatic nitrogens is 2. The fourth-order valence-electron chi connectivity index (χ4n) is 3.51. The summed E-state index contributed by atoms with van der Waals surface area (Å²) in [6.07, 6.45) is 11.4. The molecule has 3 rings (SSSR count). The number of amides is 1. The van der Waals surface area contributed by atoms with Gasteiger partial charge in [-0.25, -0.2) is 4.98 Å². The third-order valence-corrected chi connectivity index (χ3v) is 4.84. The van der Waals surface area contributed by atoms with E-state index in [1.54, 1.807) is 6.33 Å². The molecule has 1 saturated heterocycles. The minimum Gasteiger partial charge on any atom is -0.372 e. The molecule has 1 aromatic heterocycles. The van der Waals surface area contributed by atoms with Crippen LogP contribution in [0.2, 0.25) is 0 Å². The molecule has 1 aliphatic heterocycles. The molecule has 0 bridgehead atoms. The average Bonchev–Trinajstić information content (AvgIpc) is 3.00. The molecule has 1 N–H and O–H groups in total. The molecule has 0 unspecified atom stereocenters. The zero-order valence-electron chi connectivity index (χ0n) is 13.9. The van der Waals surface area contributed by atoms with E-state index < -0.39 is 0 Å². The van der Waals surface area contributed by atoms with Crippen LogP contribution >= 0.6 is 0 Å². The lowest BCUT2D eigenvalue weighted by atomic mass is 9.98. The van der Waals surface area contributed by atoms with Crippen molar-refractivity contribution in [1.29, 1.82) is 0 Å². The molecule has 6 heteroatoms. The summed E-state index contributed by atoms with van der Waals surface area (Å²) in [6.45, 7) is 0.836. The largest absolute Gasteiger partial charge is 0.372 e. The number of hydrogen-bond acceptors (Lipinski definition) is 4. The number of imidazole rings is 1. The summed E-state index contributed by atoms with van der Waals surface area (Å²) in [5, 5.41) is 3.10. The Bertz CT molecular complexity index is 511. The number of carbonyl (C=O) groups is 1. The third-order valence-electron chi connectivity index (χ3n) is 4.84. The highest BCUT2D eigenvalue weighted by atomic mass is 16.5. The van der Waals surface area contributed by atoms with Crippen LogP contribution in [-0.4, -0.2) is 40.8 Å². The Balaban J connectivity index is 1.43. The number of hydrogen-bond donors (Lipinski definition) is 1. The van der Waals surface area contributed by atoms with Crippen LogP contribution in [0.4, 0.5) is 0 Å². The monoisotopic (exact) mass is 321 g/mol. The van der Waals surface area contributed by atoms with Gasteiger partial charge in [0.1, 0.15) is 12.7 Å². The SMILES string of the molecule is Cn1cncc1[C@@H]1C[C@H](NC(=O)COC2CCCCC2)CCO1. The van der Waals surface area contributed by atoms with Crippen molar-refractivity contribution in [1.82, 2.24) is 14.9 Å². The molecule has 2 fully saturated rings. The van der Waals surface area contributed by atoms with Crippen LogP contribution in [0.1, 0.15) is 56.7 Å². The van der Waals surface area contributed by atoms with Gasteiger partial charge < -0.3 is 19.4 Å². The molecular weight excluding hydrogens is 294 g/mol. The number of ether oxygens (including phenoxy) is 2. The van der Waals surface area contributed by atoms with Gasteiger partial charge in [-0.15, -0.1) is 0 Å². The van der Waals surface area contributed by atoms with Crippen molar-refractivity contribution >= 4 is 5.91 Å². The molecule has 2 atom stereocenters. The Morgan fingerprint density at radius 3 is 2.96 bits per heavy atom. The van der Waals surface area contributed by atoms with Crippen LogP contribution in [-0.2, 0) is 21.3 Å². The van der Waals surface area contributed by atoms with Crippen LogP contribution in [0, 0.1) is 0 Å². The highest BCUT2D eigenvalue weighted by molar-refractivity contribution is 5.77. The summed E-state index contributed by atoms with van der Waals surface area (Å²) in [6, 6.07) is 0.145. The van der Waals surface area contributed by atoms with Gasteiger partial charge >= 0.3 is 0 Å². The number of nitrogens with one attached hydrogen (secondary N) is 1. The maximum Gasteiger partial charge on any atom is 0.246 e. The summed E-state index contributed by atoms with van der Waals surface area (Å²) >= 11 is 0. The normalized spacial score (nSPS) is 26.1. The topological polar surface area (TPSA) is 65.4 Å². The highest BCUT2D eigenvalue weighted by Crippen LogP contribution is 2.27. The van der Waals surface area contributed by atoms with Gasteiger partial charge in [-0.1, -0.05) is 19.3 Å². The summed E-state index contributed by atoms with van der Waals surface area (Å²) in [5.41, 5.74) is 1.06. The van der Waals surface area contributed by atoms with Gasteiger partial charge in [0.05, 0.1) is 24.3 Å². The van der Waals surface area contributed by atoms with E-state index in [9.17, 15) is 4.79 Å². The van der Waals surface area contributed by atoms with Crippen LogP contribution in [0.25, 0.3) is 0 Å². The number of rotatable bonds is 5. The lowest BCUT2D eigenvalue weighted by molar-refractivity contribution is -0.130. The molecule has 0 radical (unpaired) electrons. The number of carbonyl (C=O) groups excluding carboxylic acids is 1. The molecule has 1 aliphatic carbocycles. The van der Waals surface area contributed by atoms with E-state index in [1.165, 1.54) is 19.3 Å². The van der Waals surface area contributed by atoms with Gasteiger partial charge in [0.25, 0.3) is 0 Å². The first kappa shape index (κ1) is 16.5. The van der Waals surface area contributed by atoms with Crippen LogP contribution in [0.5, 0.6) is 0 Å². The maximum absolute atomic E-state index is 12.1. The highest BCUT2D eigenvalue weighted by Gasteiger charge is 2.27. The molecule has 1 saturated carbocycles. The molecule has 0 spiro atoms. The minimum atomic E-state index is -0.00812. The molecule has 23 heavy (non-hydrogen) atoms. The van der Waals surface area contributed by atoms with Crippen molar-refractivity contribution in [3.05, 3.63) is 18.2 Å². The fraction of sp³-hybridized carbons (Fsp3) is 0.765. The summed E-state index contributed by atoms with van der Waals surface area (Å²) in [7, 11) is 1.96. The van der Waals surface area contributed by atoms with Crippen LogP contribution in [0.3, 0.4) is 0 Å². The van der Waals surface area contributed by atoms with E-state index in [-0.39, 0.29) is 30.8 Å². The second kappa shape index (κ2) is 7.93. The van der Waals surface area contributed by atoms with Crippen molar-refractivity contribution in [2.75, 3.05) is 13.2 Å². The summed E-state index contributed by atoms with van der Waals surface area (Å²) < 4.78 is 13.5. The maximum atomic E-state index is 12.1.